The van der Waals surface area contributed by atoms with E-state index in [4.69, 9.17) is 16.1 Å². The van der Waals surface area contributed by atoms with Crippen molar-refractivity contribution in [3.8, 4) is 11.5 Å². The van der Waals surface area contributed by atoms with Gasteiger partial charge >= 0.3 is 0 Å². The van der Waals surface area contributed by atoms with Crippen molar-refractivity contribution in [2.45, 2.75) is 6.54 Å². The maximum Gasteiger partial charge on any atom is 0.123 e. The number of rotatable bonds is 2. The molecule has 0 aliphatic heterocycles. The van der Waals surface area contributed by atoms with Gasteiger partial charge in [-0.15, -0.1) is 0 Å². The Labute approximate surface area is 64.2 Å². The molecule has 0 atom stereocenters. The predicted molar refractivity (Wildman–Crippen MR) is 40.8 cm³/mol. The highest BCUT2D eigenvalue weighted by Crippen LogP contribution is 2.25. The zero-order chi connectivity index (χ0) is 8.27. The van der Waals surface area contributed by atoms with Crippen LogP contribution >= 0.6 is 0 Å². The summed E-state index contributed by atoms with van der Waals surface area (Å²) >= 11 is 0. The van der Waals surface area contributed by atoms with Crippen molar-refractivity contribution in [3.05, 3.63) is 23.8 Å². The number of hydrazine groups is 1. The molecule has 1 aromatic carbocycles. The molecule has 0 saturated heterocycles. The van der Waals surface area contributed by atoms with E-state index in [0.717, 1.165) is 0 Å². The van der Waals surface area contributed by atoms with E-state index in [1.54, 1.807) is 6.07 Å². The summed E-state index contributed by atoms with van der Waals surface area (Å²) < 4.78 is 0. The number of benzene rings is 1. The van der Waals surface area contributed by atoms with Gasteiger partial charge in [-0.25, -0.2) is 0 Å². The number of aromatic hydroxyl groups is 2. The van der Waals surface area contributed by atoms with Gasteiger partial charge in [-0.2, -0.15) is 0 Å². The van der Waals surface area contributed by atoms with Crippen LogP contribution in [0.3, 0.4) is 0 Å². The number of nitrogens with two attached hydrogens (primary N) is 1. The van der Waals surface area contributed by atoms with E-state index in [1.807, 2.05) is 0 Å². The molecule has 0 aromatic heterocycles. The van der Waals surface area contributed by atoms with Crippen molar-refractivity contribution in [1.82, 2.24) is 5.43 Å². The lowest BCUT2D eigenvalue weighted by molar-refractivity contribution is 0.434. The van der Waals surface area contributed by atoms with Crippen LogP contribution in [0.5, 0.6) is 11.5 Å². The molecule has 60 valence electrons. The first kappa shape index (κ1) is 7.84. The molecule has 0 fully saturated rings. The summed E-state index contributed by atoms with van der Waals surface area (Å²) in [5.41, 5.74) is 2.76. The molecule has 11 heavy (non-hydrogen) atoms. The normalized spacial score (nSPS) is 9.91. The van der Waals surface area contributed by atoms with Crippen LogP contribution in [0.1, 0.15) is 5.56 Å². The Morgan fingerprint density at radius 1 is 1.27 bits per heavy atom. The summed E-state index contributed by atoms with van der Waals surface area (Å²) in [6, 6.07) is 4.55. The monoisotopic (exact) mass is 154 g/mol. The summed E-state index contributed by atoms with van der Waals surface area (Å²) in [6.07, 6.45) is 0. The fraction of sp³-hybridized carbons (Fsp3) is 0.143. The molecule has 5 N–H and O–H groups in total. The van der Waals surface area contributed by atoms with Gasteiger partial charge in [0.25, 0.3) is 0 Å². The third kappa shape index (κ3) is 1.60. The highest BCUT2D eigenvalue weighted by molar-refractivity contribution is 5.42. The SMILES string of the molecule is NNCc1c(O)cccc1O. The van der Waals surface area contributed by atoms with Crippen LogP contribution in [0.2, 0.25) is 0 Å². The predicted octanol–water partition coefficient (Wildman–Crippen LogP) is 0.0611. The third-order valence-corrected chi connectivity index (χ3v) is 1.41. The van der Waals surface area contributed by atoms with Crippen LogP contribution in [0.15, 0.2) is 18.2 Å². The Hall–Kier alpha value is -1.26. The lowest BCUT2D eigenvalue weighted by Gasteiger charge is -2.04. The molecule has 0 heterocycles. The zero-order valence-electron chi connectivity index (χ0n) is 5.91. The molecule has 0 saturated carbocycles. The topological polar surface area (TPSA) is 78.5 Å². The molecule has 0 aliphatic rings. The van der Waals surface area contributed by atoms with E-state index in [2.05, 4.69) is 5.43 Å². The molecule has 0 bridgehead atoms. The Bertz CT molecular complexity index is 230. The van der Waals surface area contributed by atoms with Crippen LogP contribution < -0.4 is 11.3 Å². The molecule has 0 unspecified atom stereocenters. The molecule has 0 spiro atoms. The number of hydrogen-bond donors (Lipinski definition) is 4. The van der Waals surface area contributed by atoms with Crippen molar-refractivity contribution in [3.63, 3.8) is 0 Å². The second kappa shape index (κ2) is 3.23. The Kier molecular flexibility index (Phi) is 2.30. The van der Waals surface area contributed by atoms with Crippen LogP contribution in [-0.2, 0) is 6.54 Å². The summed E-state index contributed by atoms with van der Waals surface area (Å²) in [4.78, 5) is 0. The smallest absolute Gasteiger partial charge is 0.123 e. The van der Waals surface area contributed by atoms with Crippen molar-refractivity contribution in [2.75, 3.05) is 0 Å². The van der Waals surface area contributed by atoms with Gasteiger partial charge in [-0.3, -0.25) is 11.3 Å². The molecule has 4 nitrogen and oxygen atoms in total. The highest BCUT2D eigenvalue weighted by atomic mass is 16.3. The molecular weight excluding hydrogens is 144 g/mol. The minimum absolute atomic E-state index is 0.0444. The average Bonchev–Trinajstić information content (AvgIpc) is 1.97. The lowest BCUT2D eigenvalue weighted by Crippen LogP contribution is -2.20. The molecule has 4 heteroatoms. The first-order chi connectivity index (χ1) is 5.25. The summed E-state index contributed by atoms with van der Waals surface area (Å²) in [5, 5.41) is 18.3. The second-order valence-corrected chi connectivity index (χ2v) is 2.16. The minimum Gasteiger partial charge on any atom is -0.507 e. The van der Waals surface area contributed by atoms with Gasteiger partial charge in [-0.1, -0.05) is 6.07 Å². The van der Waals surface area contributed by atoms with Gasteiger partial charge in [0, 0.05) is 6.54 Å². The number of phenols is 2. The van der Waals surface area contributed by atoms with E-state index < -0.39 is 0 Å². The number of phenolic OH excluding ortho intramolecular Hbond substituents is 2. The van der Waals surface area contributed by atoms with Gasteiger partial charge in [-0.05, 0) is 12.1 Å². The van der Waals surface area contributed by atoms with Crippen molar-refractivity contribution in [1.29, 1.82) is 0 Å². The van der Waals surface area contributed by atoms with Gasteiger partial charge in [0.1, 0.15) is 11.5 Å². The zero-order valence-corrected chi connectivity index (χ0v) is 5.91. The van der Waals surface area contributed by atoms with Crippen molar-refractivity contribution < 1.29 is 10.2 Å². The van der Waals surface area contributed by atoms with Crippen LogP contribution in [0.4, 0.5) is 0 Å². The maximum absolute atomic E-state index is 9.17. The summed E-state index contributed by atoms with van der Waals surface area (Å²) in [6.45, 7) is 0.249. The maximum atomic E-state index is 9.17. The summed E-state index contributed by atoms with van der Waals surface area (Å²) in [5.74, 6) is 5.11. The minimum atomic E-state index is 0.0444. The second-order valence-electron chi connectivity index (χ2n) is 2.16. The fourth-order valence-corrected chi connectivity index (χ4v) is 0.846. The summed E-state index contributed by atoms with van der Waals surface area (Å²) in [7, 11) is 0. The Morgan fingerprint density at radius 3 is 2.27 bits per heavy atom. The third-order valence-electron chi connectivity index (χ3n) is 1.41. The molecule has 0 aliphatic carbocycles. The molecule has 0 amide bonds. The van der Waals surface area contributed by atoms with E-state index in [0.29, 0.717) is 5.56 Å². The number of hydrogen-bond acceptors (Lipinski definition) is 4. The van der Waals surface area contributed by atoms with Gasteiger partial charge in [0.2, 0.25) is 0 Å². The van der Waals surface area contributed by atoms with Crippen molar-refractivity contribution in [2.24, 2.45) is 5.84 Å². The van der Waals surface area contributed by atoms with Crippen LogP contribution in [0.25, 0.3) is 0 Å². The number of nitrogens with one attached hydrogen (secondary N) is 1. The van der Waals surface area contributed by atoms with E-state index >= 15 is 0 Å². The first-order valence-electron chi connectivity index (χ1n) is 3.19. The largest absolute Gasteiger partial charge is 0.507 e. The Balaban J connectivity index is 3.00. The van der Waals surface area contributed by atoms with Gasteiger partial charge in [0.15, 0.2) is 0 Å². The van der Waals surface area contributed by atoms with Crippen molar-refractivity contribution >= 4 is 0 Å². The van der Waals surface area contributed by atoms with Crippen LogP contribution in [0, 0.1) is 0 Å². The van der Waals surface area contributed by atoms with Gasteiger partial charge in [0.05, 0.1) is 5.56 Å². The average molecular weight is 154 g/mol. The molecule has 1 rings (SSSR count). The molecule has 1 aromatic rings. The van der Waals surface area contributed by atoms with E-state index in [9.17, 15) is 0 Å². The lowest BCUT2D eigenvalue weighted by atomic mass is 10.2. The van der Waals surface area contributed by atoms with Gasteiger partial charge < -0.3 is 10.2 Å². The standard InChI is InChI=1S/C7H10N2O2/c8-9-4-5-6(10)2-1-3-7(5)11/h1-3,9-11H,4,8H2. The molecule has 0 radical (unpaired) electrons. The molecular formula is C7H10N2O2. The fourth-order valence-electron chi connectivity index (χ4n) is 0.846. The Morgan fingerprint density at radius 2 is 1.82 bits per heavy atom. The van der Waals surface area contributed by atoms with E-state index in [-0.39, 0.29) is 18.0 Å². The first-order valence-corrected chi connectivity index (χ1v) is 3.19. The van der Waals surface area contributed by atoms with Crippen LogP contribution in [-0.4, -0.2) is 10.2 Å². The quantitative estimate of drug-likeness (QED) is 0.359. The highest BCUT2D eigenvalue weighted by Gasteiger charge is 2.03. The van der Waals surface area contributed by atoms with E-state index in [1.165, 1.54) is 12.1 Å².